The van der Waals surface area contributed by atoms with Crippen LogP contribution in [0.1, 0.15) is 22.8 Å². The zero-order valence-electron chi connectivity index (χ0n) is 20.0. The SMILES string of the molecule is C#CCn1c(=NC(=O)c2ccc(S(=O)(=O)N3CCN(C(=O)OCC)CC3)cc2)sc2cccc(C)c21. The number of benzene rings is 2. The summed E-state index contributed by atoms with van der Waals surface area (Å²) < 4.78 is 35.3. The second kappa shape index (κ2) is 10.7. The molecule has 0 aliphatic carbocycles. The van der Waals surface area contributed by atoms with Gasteiger partial charge in [0.1, 0.15) is 0 Å². The van der Waals surface area contributed by atoms with Crippen molar-refractivity contribution in [1.29, 1.82) is 0 Å². The zero-order valence-corrected chi connectivity index (χ0v) is 21.6. The maximum atomic E-state index is 13.1. The highest BCUT2D eigenvalue weighted by atomic mass is 32.2. The first kappa shape index (κ1) is 25.6. The van der Waals surface area contributed by atoms with Crippen LogP contribution in [0.15, 0.2) is 52.4 Å². The summed E-state index contributed by atoms with van der Waals surface area (Å²) in [5, 5.41) is 0. The number of piperazine rings is 1. The van der Waals surface area contributed by atoms with Crippen LogP contribution in [0, 0.1) is 19.3 Å². The van der Waals surface area contributed by atoms with Crippen molar-refractivity contribution in [1.82, 2.24) is 13.8 Å². The van der Waals surface area contributed by atoms with Crippen molar-refractivity contribution in [2.24, 2.45) is 4.99 Å². The number of carbonyl (C=O) groups excluding carboxylic acids is 2. The first-order valence-electron chi connectivity index (χ1n) is 11.4. The minimum absolute atomic E-state index is 0.0727. The highest BCUT2D eigenvalue weighted by Gasteiger charge is 2.30. The van der Waals surface area contributed by atoms with Gasteiger partial charge in [0.2, 0.25) is 10.0 Å². The summed E-state index contributed by atoms with van der Waals surface area (Å²) in [5.41, 5.74) is 2.24. The summed E-state index contributed by atoms with van der Waals surface area (Å²) in [6, 6.07) is 11.6. The number of ether oxygens (including phenoxy) is 1. The molecule has 1 aromatic heterocycles. The van der Waals surface area contributed by atoms with Gasteiger partial charge in [0, 0.05) is 31.7 Å². The minimum atomic E-state index is -3.77. The lowest BCUT2D eigenvalue weighted by Crippen LogP contribution is -2.50. The van der Waals surface area contributed by atoms with Crippen molar-refractivity contribution in [2.75, 3.05) is 32.8 Å². The molecule has 2 aromatic carbocycles. The highest BCUT2D eigenvalue weighted by Crippen LogP contribution is 2.22. The van der Waals surface area contributed by atoms with Gasteiger partial charge >= 0.3 is 6.09 Å². The minimum Gasteiger partial charge on any atom is -0.450 e. The van der Waals surface area contributed by atoms with Gasteiger partial charge in [0.25, 0.3) is 5.91 Å². The smallest absolute Gasteiger partial charge is 0.409 e. The Balaban J connectivity index is 1.54. The van der Waals surface area contributed by atoms with Gasteiger partial charge in [-0.3, -0.25) is 4.79 Å². The molecule has 2 amide bonds. The number of aromatic nitrogens is 1. The molecule has 0 atom stereocenters. The first-order valence-corrected chi connectivity index (χ1v) is 13.6. The average Bonchev–Trinajstić information content (AvgIpc) is 3.22. The van der Waals surface area contributed by atoms with Gasteiger partial charge in [-0.25, -0.2) is 13.2 Å². The number of rotatable bonds is 5. The van der Waals surface area contributed by atoms with Crippen LogP contribution in [0.4, 0.5) is 4.79 Å². The number of sulfonamides is 1. The lowest BCUT2D eigenvalue weighted by atomic mass is 10.2. The van der Waals surface area contributed by atoms with Crippen LogP contribution in [-0.4, -0.2) is 67.0 Å². The molecule has 1 aliphatic heterocycles. The number of aryl methyl sites for hydroxylation is 1. The Kier molecular flexibility index (Phi) is 7.59. The molecule has 0 unspecified atom stereocenters. The molecule has 9 nitrogen and oxygen atoms in total. The van der Waals surface area contributed by atoms with E-state index in [0.717, 1.165) is 15.8 Å². The number of fused-ring (bicyclic) bond motifs is 1. The molecule has 1 saturated heterocycles. The molecule has 0 spiro atoms. The first-order chi connectivity index (χ1) is 17.3. The van der Waals surface area contributed by atoms with E-state index in [1.54, 1.807) is 6.92 Å². The van der Waals surface area contributed by atoms with E-state index in [0.29, 0.717) is 4.80 Å². The van der Waals surface area contributed by atoms with Gasteiger partial charge in [-0.2, -0.15) is 9.30 Å². The van der Waals surface area contributed by atoms with Crippen molar-refractivity contribution in [3.05, 3.63) is 58.4 Å². The third-order valence-corrected chi connectivity index (χ3v) is 8.81. The topological polar surface area (TPSA) is 101 Å². The van der Waals surface area contributed by atoms with Gasteiger partial charge in [-0.15, -0.1) is 6.42 Å². The third kappa shape index (κ3) is 5.06. The summed E-state index contributed by atoms with van der Waals surface area (Å²) in [6.45, 7) is 5.07. The van der Waals surface area contributed by atoms with Crippen molar-refractivity contribution in [2.45, 2.75) is 25.3 Å². The fraction of sp³-hybridized carbons (Fsp3) is 0.320. The predicted molar refractivity (Wildman–Crippen MR) is 137 cm³/mol. The van der Waals surface area contributed by atoms with Gasteiger partial charge < -0.3 is 14.2 Å². The Morgan fingerprint density at radius 2 is 1.81 bits per heavy atom. The van der Waals surface area contributed by atoms with Crippen LogP contribution >= 0.6 is 11.3 Å². The van der Waals surface area contributed by atoms with E-state index < -0.39 is 22.0 Å². The Morgan fingerprint density at radius 3 is 2.44 bits per heavy atom. The van der Waals surface area contributed by atoms with Gasteiger partial charge in [0.15, 0.2) is 4.80 Å². The predicted octanol–water partition coefficient (Wildman–Crippen LogP) is 2.85. The molecule has 0 bridgehead atoms. The molecule has 1 aliphatic rings. The number of nitrogens with zero attached hydrogens (tertiary/aromatic N) is 4. The van der Waals surface area contributed by atoms with E-state index in [1.165, 1.54) is 44.8 Å². The van der Waals surface area contributed by atoms with Crippen molar-refractivity contribution in [3.63, 3.8) is 0 Å². The van der Waals surface area contributed by atoms with E-state index >= 15 is 0 Å². The van der Waals surface area contributed by atoms with E-state index in [1.807, 2.05) is 29.7 Å². The van der Waals surface area contributed by atoms with E-state index in [9.17, 15) is 18.0 Å². The molecule has 0 N–H and O–H groups in total. The molecular weight excluding hydrogens is 500 g/mol. The Labute approximate surface area is 213 Å². The fourth-order valence-electron chi connectivity index (χ4n) is 4.03. The molecule has 0 radical (unpaired) electrons. The monoisotopic (exact) mass is 526 g/mol. The van der Waals surface area contributed by atoms with Crippen LogP contribution in [-0.2, 0) is 21.3 Å². The standard InChI is InChI=1S/C25H26N4O5S2/c1-4-13-29-22-18(3)7-6-8-21(22)35-24(29)26-23(30)19-9-11-20(12-10-19)36(32,33)28-16-14-27(15-17-28)25(31)34-5-2/h1,6-12H,5,13-17H2,2-3H3. The number of carbonyl (C=O) groups is 2. The number of thiazole rings is 1. The summed E-state index contributed by atoms with van der Waals surface area (Å²) >= 11 is 1.37. The molecule has 0 saturated carbocycles. The Bertz CT molecular complexity index is 1510. The largest absolute Gasteiger partial charge is 0.450 e. The second-order valence-electron chi connectivity index (χ2n) is 8.13. The number of terminal acetylenes is 1. The normalized spacial score (nSPS) is 15.1. The Morgan fingerprint density at radius 1 is 1.11 bits per heavy atom. The maximum Gasteiger partial charge on any atom is 0.409 e. The lowest BCUT2D eigenvalue weighted by molar-refractivity contribution is 0.0933. The van der Waals surface area contributed by atoms with E-state index in [-0.39, 0.29) is 49.8 Å². The molecular formula is C25H26N4O5S2. The van der Waals surface area contributed by atoms with Crippen molar-refractivity contribution < 1.29 is 22.7 Å². The fourth-order valence-corrected chi connectivity index (χ4v) is 6.55. The highest BCUT2D eigenvalue weighted by molar-refractivity contribution is 7.89. The maximum absolute atomic E-state index is 13.1. The molecule has 1 fully saturated rings. The quantitative estimate of drug-likeness (QED) is 0.476. The molecule has 188 valence electrons. The van der Waals surface area contributed by atoms with E-state index in [4.69, 9.17) is 11.2 Å². The average molecular weight is 527 g/mol. The third-order valence-electron chi connectivity index (χ3n) is 5.85. The summed E-state index contributed by atoms with van der Waals surface area (Å²) in [5.74, 6) is 2.12. The Hall–Kier alpha value is -3.46. The van der Waals surface area contributed by atoms with Crippen LogP contribution in [0.5, 0.6) is 0 Å². The van der Waals surface area contributed by atoms with E-state index in [2.05, 4.69) is 10.9 Å². The number of para-hydroxylation sites is 1. The lowest BCUT2D eigenvalue weighted by Gasteiger charge is -2.33. The summed E-state index contributed by atoms with van der Waals surface area (Å²) in [6.07, 6.45) is 5.10. The summed E-state index contributed by atoms with van der Waals surface area (Å²) in [7, 11) is -3.77. The number of amides is 2. The molecule has 2 heterocycles. The number of hydrogen-bond donors (Lipinski definition) is 0. The zero-order chi connectivity index (χ0) is 25.9. The summed E-state index contributed by atoms with van der Waals surface area (Å²) in [4.78, 5) is 31.1. The van der Waals surface area contributed by atoms with Crippen LogP contribution in [0.2, 0.25) is 0 Å². The molecule has 11 heteroatoms. The van der Waals surface area contributed by atoms with Crippen LogP contribution in [0.25, 0.3) is 10.2 Å². The molecule has 4 rings (SSSR count). The van der Waals surface area contributed by atoms with Crippen molar-refractivity contribution >= 4 is 43.6 Å². The van der Waals surface area contributed by atoms with Gasteiger partial charge in [-0.1, -0.05) is 29.4 Å². The van der Waals surface area contributed by atoms with Crippen molar-refractivity contribution in [3.8, 4) is 12.3 Å². The number of hydrogen-bond acceptors (Lipinski definition) is 6. The van der Waals surface area contributed by atoms with Gasteiger partial charge in [-0.05, 0) is 49.7 Å². The van der Waals surface area contributed by atoms with Crippen LogP contribution in [0.3, 0.4) is 0 Å². The molecule has 36 heavy (non-hydrogen) atoms. The van der Waals surface area contributed by atoms with Gasteiger partial charge in [0.05, 0.1) is 28.3 Å². The second-order valence-corrected chi connectivity index (χ2v) is 11.1. The van der Waals surface area contributed by atoms with Crippen LogP contribution < -0.4 is 4.80 Å². The molecule has 3 aromatic rings.